The number of thioether (sulfide) groups is 2. The predicted molar refractivity (Wildman–Crippen MR) is 169 cm³/mol. The highest BCUT2D eigenvalue weighted by molar-refractivity contribution is 8.01. The van der Waals surface area contributed by atoms with Crippen LogP contribution in [0, 0.1) is 47.3 Å². The van der Waals surface area contributed by atoms with Crippen LogP contribution in [0.25, 0.3) is 0 Å². The molecule has 0 N–H and O–H groups in total. The van der Waals surface area contributed by atoms with Crippen molar-refractivity contribution in [2.75, 3.05) is 0 Å². The Morgan fingerprint density at radius 1 is 0.263 bits per heavy atom. The lowest BCUT2D eigenvalue weighted by molar-refractivity contribution is 0.0650. The molecule has 38 heavy (non-hydrogen) atoms. The van der Waals surface area contributed by atoms with E-state index in [1.54, 1.807) is 141 Å². The zero-order valence-electron chi connectivity index (χ0n) is 24.7. The largest absolute Gasteiger partial charge is 0.155 e. The molecule has 0 aromatic carbocycles. The smallest absolute Gasteiger partial charge is 0.00840 e. The lowest BCUT2D eigenvalue weighted by Crippen LogP contribution is -2.50. The second kappa shape index (κ2) is 12.9. The van der Waals surface area contributed by atoms with Crippen LogP contribution in [0.2, 0.25) is 0 Å². The van der Waals surface area contributed by atoms with Crippen molar-refractivity contribution in [2.24, 2.45) is 47.3 Å². The molecule has 1 aliphatic heterocycles. The van der Waals surface area contributed by atoms with Crippen LogP contribution in [0.5, 0.6) is 0 Å². The van der Waals surface area contributed by atoms with Crippen molar-refractivity contribution in [1.29, 1.82) is 0 Å². The summed E-state index contributed by atoms with van der Waals surface area (Å²) in [5.41, 5.74) is 0. The van der Waals surface area contributed by atoms with E-state index < -0.39 is 0 Å². The fourth-order valence-electron chi connectivity index (χ4n) is 12.1. The predicted octanol–water partition coefficient (Wildman–Crippen LogP) is 11.3. The molecule has 9 unspecified atom stereocenters. The molecule has 0 aromatic heterocycles. The Hall–Kier alpha value is 0.700. The molecule has 0 bridgehead atoms. The van der Waals surface area contributed by atoms with Gasteiger partial charge < -0.3 is 0 Å². The van der Waals surface area contributed by atoms with Gasteiger partial charge in [-0.2, -0.15) is 23.5 Å². The minimum atomic E-state index is 1.01. The Bertz CT molecular complexity index is 678. The fraction of sp³-hybridized carbons (Fsp3) is 1.00. The summed E-state index contributed by atoms with van der Waals surface area (Å²) in [6, 6.07) is 0. The zero-order chi connectivity index (χ0) is 25.3. The molecule has 6 saturated carbocycles. The maximum Gasteiger partial charge on any atom is 0.00840 e. The van der Waals surface area contributed by atoms with Crippen LogP contribution < -0.4 is 0 Å². The molecule has 0 radical (unpaired) electrons. The molecule has 0 nitrogen and oxygen atoms in total. The molecule has 216 valence electrons. The lowest BCUT2D eigenvalue weighted by Gasteiger charge is -2.55. The molecule has 0 amide bonds. The van der Waals surface area contributed by atoms with Gasteiger partial charge in [0.1, 0.15) is 0 Å². The van der Waals surface area contributed by atoms with Gasteiger partial charge in [0, 0.05) is 21.0 Å². The number of fused-ring (bicyclic) bond motifs is 6. The highest BCUT2D eigenvalue weighted by Gasteiger charge is 2.52. The third kappa shape index (κ3) is 5.69. The van der Waals surface area contributed by atoms with E-state index >= 15 is 0 Å². The van der Waals surface area contributed by atoms with Crippen LogP contribution in [0.3, 0.4) is 0 Å². The van der Waals surface area contributed by atoms with Crippen molar-refractivity contribution in [3.63, 3.8) is 0 Å². The molecule has 10 atom stereocenters. The Balaban J connectivity index is 1.24. The van der Waals surface area contributed by atoms with Crippen molar-refractivity contribution >= 4 is 23.5 Å². The van der Waals surface area contributed by atoms with Gasteiger partial charge in [-0.05, 0) is 98.7 Å². The molecule has 7 rings (SSSR count). The molecule has 7 fully saturated rings. The summed E-state index contributed by atoms with van der Waals surface area (Å²) < 4.78 is 0. The third-order valence-electron chi connectivity index (χ3n) is 13.6. The summed E-state index contributed by atoms with van der Waals surface area (Å²) in [7, 11) is 0. The van der Waals surface area contributed by atoms with Crippen LogP contribution in [0.1, 0.15) is 154 Å². The summed E-state index contributed by atoms with van der Waals surface area (Å²) >= 11 is 5.35. The van der Waals surface area contributed by atoms with Gasteiger partial charge in [-0.1, -0.05) is 103 Å². The Kier molecular flexibility index (Phi) is 9.36. The van der Waals surface area contributed by atoms with Gasteiger partial charge in [-0.15, -0.1) is 0 Å². The van der Waals surface area contributed by atoms with Gasteiger partial charge in [0.2, 0.25) is 0 Å². The molecule has 1 saturated heterocycles. The van der Waals surface area contributed by atoms with Crippen LogP contribution >= 0.6 is 23.5 Å². The summed E-state index contributed by atoms with van der Waals surface area (Å²) in [4.78, 5) is 0. The molecule has 6 aliphatic carbocycles. The summed E-state index contributed by atoms with van der Waals surface area (Å²) in [5, 5.41) is 4.05. The van der Waals surface area contributed by atoms with E-state index in [-0.39, 0.29) is 0 Å². The molecule has 2 heteroatoms. The zero-order valence-corrected chi connectivity index (χ0v) is 26.3. The van der Waals surface area contributed by atoms with Crippen molar-refractivity contribution in [3.8, 4) is 0 Å². The highest BCUT2D eigenvalue weighted by Crippen LogP contribution is 2.60. The first kappa shape index (κ1) is 27.5. The highest BCUT2D eigenvalue weighted by atomic mass is 32.2. The number of rotatable bonds is 2. The van der Waals surface area contributed by atoms with Gasteiger partial charge in [0.15, 0.2) is 0 Å². The van der Waals surface area contributed by atoms with Crippen molar-refractivity contribution in [3.05, 3.63) is 0 Å². The number of hydrogen-bond acceptors (Lipinski definition) is 2. The average molecular weight is 557 g/mol. The minimum Gasteiger partial charge on any atom is -0.155 e. The maximum absolute atomic E-state index is 2.69. The van der Waals surface area contributed by atoms with Gasteiger partial charge in [-0.3, -0.25) is 0 Å². The second-order valence-corrected chi connectivity index (χ2v) is 18.4. The van der Waals surface area contributed by atoms with Gasteiger partial charge in [0.05, 0.1) is 0 Å². The number of hydrogen-bond donors (Lipinski definition) is 0. The van der Waals surface area contributed by atoms with E-state index in [2.05, 4.69) is 23.5 Å². The minimum absolute atomic E-state index is 1.01. The van der Waals surface area contributed by atoms with E-state index in [4.69, 9.17) is 0 Å². The van der Waals surface area contributed by atoms with Gasteiger partial charge in [0.25, 0.3) is 0 Å². The Morgan fingerprint density at radius 3 is 1.08 bits per heavy atom. The summed E-state index contributed by atoms with van der Waals surface area (Å²) in [6.07, 6.45) is 37.6. The fourth-order valence-corrected chi connectivity index (χ4v) is 16.4. The van der Waals surface area contributed by atoms with Crippen LogP contribution in [0.15, 0.2) is 0 Å². The van der Waals surface area contributed by atoms with Gasteiger partial charge >= 0.3 is 0 Å². The molecule has 1 heterocycles. The van der Waals surface area contributed by atoms with E-state index in [0.717, 1.165) is 68.3 Å². The molecule has 0 aromatic rings. The van der Waals surface area contributed by atoms with Crippen LogP contribution in [-0.4, -0.2) is 21.0 Å². The monoisotopic (exact) mass is 556 g/mol. The topological polar surface area (TPSA) is 0 Å². The SMILES string of the molecule is C1CCC(C2CCCC3SC4CCCC(C5CCCCC5)C4[C@@H]4CCCCC4SC4CCCCC4C32)CC1. The molecule has 0 spiro atoms. The van der Waals surface area contributed by atoms with Gasteiger partial charge in [-0.25, -0.2) is 0 Å². The average Bonchev–Trinajstić information content (AvgIpc) is 2.99. The summed E-state index contributed by atoms with van der Waals surface area (Å²) in [5.74, 6) is 8.64. The third-order valence-corrected chi connectivity index (χ3v) is 17.3. The Labute approximate surface area is 245 Å². The standard InChI is InChI=1S/C36H60S2/c1-3-13-25(14-4-1)27-19-11-23-33-35(27)29-17-7-9-21-31(29)37-32-22-10-8-18-30(32)36-28(20-12-24-34(36)38-33)26-15-5-2-6-16-26/h25-36H,1-24H2/t27?,28?,29-,30?,31?,32?,33?,34?,35?,36?/m1/s1. The van der Waals surface area contributed by atoms with E-state index in [1.165, 1.54) is 12.8 Å². The van der Waals surface area contributed by atoms with E-state index in [1.807, 2.05) is 0 Å². The summed E-state index contributed by atoms with van der Waals surface area (Å²) in [6.45, 7) is 0. The first-order valence-corrected chi connectivity index (χ1v) is 20.1. The normalized spacial score (nSPS) is 47.7. The Morgan fingerprint density at radius 2 is 0.605 bits per heavy atom. The molecular formula is C36H60S2. The van der Waals surface area contributed by atoms with Crippen molar-refractivity contribution in [2.45, 2.75) is 175 Å². The lowest BCUT2D eigenvalue weighted by atomic mass is 9.61. The molecule has 7 aliphatic rings. The first-order chi connectivity index (χ1) is 18.9. The van der Waals surface area contributed by atoms with Crippen LogP contribution in [0.4, 0.5) is 0 Å². The first-order valence-electron chi connectivity index (χ1n) is 18.2. The quantitative estimate of drug-likeness (QED) is 0.332. The van der Waals surface area contributed by atoms with E-state index in [9.17, 15) is 0 Å². The molecular weight excluding hydrogens is 497 g/mol. The van der Waals surface area contributed by atoms with Crippen molar-refractivity contribution in [1.82, 2.24) is 0 Å². The second-order valence-electron chi connectivity index (χ2n) is 15.5. The van der Waals surface area contributed by atoms with E-state index in [0.29, 0.717) is 0 Å². The van der Waals surface area contributed by atoms with Crippen LogP contribution in [-0.2, 0) is 0 Å². The van der Waals surface area contributed by atoms with Crippen molar-refractivity contribution < 1.29 is 0 Å². The maximum atomic E-state index is 2.69.